The van der Waals surface area contributed by atoms with Crippen LogP contribution in [0.15, 0.2) is 24.3 Å². The Bertz CT molecular complexity index is 651. The van der Waals surface area contributed by atoms with Crippen LogP contribution in [0, 0.1) is 5.92 Å². The minimum atomic E-state index is -0.353. The number of aromatic nitrogens is 1. The van der Waals surface area contributed by atoms with E-state index in [0.29, 0.717) is 11.8 Å². The van der Waals surface area contributed by atoms with Crippen molar-refractivity contribution in [3.05, 3.63) is 29.3 Å². The highest BCUT2D eigenvalue weighted by Crippen LogP contribution is 2.33. The Morgan fingerprint density at radius 3 is 2.52 bits per heavy atom. The van der Waals surface area contributed by atoms with Gasteiger partial charge in [0.25, 0.3) is 0 Å². The number of hydrogen-bond acceptors (Lipinski definition) is 4. The molecule has 2 heterocycles. The van der Waals surface area contributed by atoms with Crippen molar-refractivity contribution in [2.75, 3.05) is 13.1 Å². The van der Waals surface area contributed by atoms with Crippen LogP contribution in [-0.2, 0) is 4.79 Å². The zero-order chi connectivity index (χ0) is 16.4. The molecule has 0 unspecified atom stereocenters. The number of fused-ring (bicyclic) bond motifs is 1. The first-order chi connectivity index (χ1) is 11.0. The fraction of sp³-hybridized carbons (Fsp3) is 0.556. The smallest absolute Gasteiger partial charge is 0.239 e. The van der Waals surface area contributed by atoms with Crippen molar-refractivity contribution in [1.29, 1.82) is 0 Å². The van der Waals surface area contributed by atoms with Gasteiger partial charge in [-0.15, -0.1) is 36.2 Å². The second-order valence-corrected chi connectivity index (χ2v) is 7.92. The van der Waals surface area contributed by atoms with Crippen LogP contribution >= 0.6 is 36.2 Å². The number of thiazole rings is 1. The molecule has 7 heteroatoms. The zero-order valence-corrected chi connectivity index (χ0v) is 17.1. The molecule has 3 rings (SSSR count). The Labute approximate surface area is 166 Å². The van der Waals surface area contributed by atoms with Gasteiger partial charge in [0.15, 0.2) is 0 Å². The maximum Gasteiger partial charge on any atom is 0.239 e. The second-order valence-electron chi connectivity index (χ2n) is 6.86. The number of nitrogens with zero attached hydrogens (tertiary/aromatic N) is 2. The summed E-state index contributed by atoms with van der Waals surface area (Å²) in [5, 5.41) is 1.21. The molecule has 1 aromatic carbocycles. The maximum absolute atomic E-state index is 12.4. The summed E-state index contributed by atoms with van der Waals surface area (Å²) in [7, 11) is 0. The molecule has 1 aliphatic rings. The van der Waals surface area contributed by atoms with E-state index in [1.807, 2.05) is 11.0 Å². The highest BCUT2D eigenvalue weighted by molar-refractivity contribution is 7.18. The van der Waals surface area contributed by atoms with E-state index >= 15 is 0 Å². The number of halogens is 2. The molecule has 1 aliphatic heterocycles. The lowest BCUT2D eigenvalue weighted by atomic mass is 9.96. The van der Waals surface area contributed by atoms with Crippen molar-refractivity contribution in [2.45, 2.75) is 45.1 Å². The van der Waals surface area contributed by atoms with E-state index in [1.54, 1.807) is 11.3 Å². The summed E-state index contributed by atoms with van der Waals surface area (Å²) in [6.45, 7) is 5.80. The third kappa shape index (κ3) is 5.30. The number of piperidine rings is 1. The number of amides is 1. The monoisotopic (exact) mass is 403 g/mol. The first-order valence-electron chi connectivity index (χ1n) is 8.44. The standard InChI is InChI=1S/C18H25N3OS.2ClH/c1-12(2)11-14(19)18(22)21-9-7-13(8-10-21)17-20-15-5-3-4-6-16(15)23-17;;/h3-6,12-14H,7-11,19H2,1-2H3;2*1H/t14-;;/m0../s1. The third-order valence-corrected chi connectivity index (χ3v) is 5.71. The van der Waals surface area contributed by atoms with Crippen molar-refractivity contribution < 1.29 is 4.79 Å². The molecule has 2 aromatic rings. The van der Waals surface area contributed by atoms with E-state index < -0.39 is 0 Å². The SMILES string of the molecule is CC(C)C[C@H](N)C(=O)N1CCC(c2nc3ccccc3s2)CC1.Cl.Cl. The summed E-state index contributed by atoms with van der Waals surface area (Å²) < 4.78 is 1.25. The van der Waals surface area contributed by atoms with Crippen LogP contribution in [0.2, 0.25) is 0 Å². The van der Waals surface area contributed by atoms with Gasteiger partial charge in [-0.05, 0) is 37.3 Å². The summed E-state index contributed by atoms with van der Waals surface area (Å²) in [6, 6.07) is 7.93. The number of nitrogens with two attached hydrogens (primary N) is 1. The first kappa shape index (κ1) is 22.2. The molecular weight excluding hydrogens is 377 g/mol. The van der Waals surface area contributed by atoms with E-state index in [2.05, 4.69) is 32.0 Å². The van der Waals surface area contributed by atoms with Crippen LogP contribution < -0.4 is 5.73 Å². The van der Waals surface area contributed by atoms with E-state index in [-0.39, 0.29) is 36.8 Å². The fourth-order valence-electron chi connectivity index (χ4n) is 3.25. The lowest BCUT2D eigenvalue weighted by molar-refractivity contribution is -0.134. The Kier molecular flexibility index (Phi) is 8.61. The molecule has 4 nitrogen and oxygen atoms in total. The third-order valence-electron chi connectivity index (χ3n) is 4.51. The first-order valence-corrected chi connectivity index (χ1v) is 9.26. The molecule has 25 heavy (non-hydrogen) atoms. The predicted octanol–water partition coefficient (Wildman–Crippen LogP) is 4.22. The molecule has 1 aromatic heterocycles. The quantitative estimate of drug-likeness (QED) is 0.830. The van der Waals surface area contributed by atoms with Crippen LogP contribution in [0.5, 0.6) is 0 Å². The molecule has 2 N–H and O–H groups in total. The van der Waals surface area contributed by atoms with Gasteiger partial charge in [-0.3, -0.25) is 4.79 Å². The van der Waals surface area contributed by atoms with Gasteiger partial charge in [-0.1, -0.05) is 26.0 Å². The summed E-state index contributed by atoms with van der Waals surface area (Å²) in [5.41, 5.74) is 7.13. The predicted molar refractivity (Wildman–Crippen MR) is 110 cm³/mol. The molecule has 1 fully saturated rings. The number of benzene rings is 1. The van der Waals surface area contributed by atoms with Crippen molar-refractivity contribution in [2.24, 2.45) is 11.7 Å². The minimum absolute atomic E-state index is 0. The van der Waals surface area contributed by atoms with Gasteiger partial charge in [0, 0.05) is 19.0 Å². The van der Waals surface area contributed by atoms with Crippen molar-refractivity contribution >= 4 is 52.3 Å². The molecule has 0 spiro atoms. The van der Waals surface area contributed by atoms with Gasteiger partial charge in [0.05, 0.1) is 21.3 Å². The van der Waals surface area contributed by atoms with Crippen molar-refractivity contribution in [3.63, 3.8) is 0 Å². The largest absolute Gasteiger partial charge is 0.341 e. The van der Waals surface area contributed by atoms with Crippen LogP contribution in [0.25, 0.3) is 10.2 Å². The van der Waals surface area contributed by atoms with Gasteiger partial charge >= 0.3 is 0 Å². The van der Waals surface area contributed by atoms with Gasteiger partial charge in [0.1, 0.15) is 0 Å². The summed E-state index contributed by atoms with van der Waals surface area (Å²) in [5.74, 6) is 1.04. The number of carbonyl (C=O) groups is 1. The average Bonchev–Trinajstić information content (AvgIpc) is 2.97. The molecule has 0 saturated carbocycles. The number of hydrogen-bond donors (Lipinski definition) is 1. The maximum atomic E-state index is 12.4. The van der Waals surface area contributed by atoms with Gasteiger partial charge in [-0.25, -0.2) is 4.98 Å². The van der Waals surface area contributed by atoms with Crippen molar-refractivity contribution in [3.8, 4) is 0 Å². The highest BCUT2D eigenvalue weighted by Gasteiger charge is 2.28. The topological polar surface area (TPSA) is 59.2 Å². The van der Waals surface area contributed by atoms with Gasteiger partial charge in [-0.2, -0.15) is 0 Å². The Balaban J connectivity index is 0.00000156. The molecule has 1 amide bonds. The van der Waals surface area contributed by atoms with E-state index in [1.165, 1.54) is 9.71 Å². The van der Waals surface area contributed by atoms with Crippen LogP contribution in [-0.4, -0.2) is 34.9 Å². The van der Waals surface area contributed by atoms with Crippen LogP contribution in [0.4, 0.5) is 0 Å². The lowest BCUT2D eigenvalue weighted by Gasteiger charge is -2.33. The highest BCUT2D eigenvalue weighted by atomic mass is 35.5. The molecule has 1 saturated heterocycles. The Hall–Kier alpha value is -0.880. The van der Waals surface area contributed by atoms with E-state index in [4.69, 9.17) is 10.7 Å². The normalized spacial score (nSPS) is 16.4. The molecule has 0 aliphatic carbocycles. The van der Waals surface area contributed by atoms with E-state index in [0.717, 1.165) is 37.9 Å². The molecule has 0 radical (unpaired) electrons. The summed E-state index contributed by atoms with van der Waals surface area (Å²) in [6.07, 6.45) is 2.73. The summed E-state index contributed by atoms with van der Waals surface area (Å²) in [4.78, 5) is 19.1. The van der Waals surface area contributed by atoms with Gasteiger partial charge in [0.2, 0.25) is 5.91 Å². The Morgan fingerprint density at radius 2 is 1.92 bits per heavy atom. The number of carbonyl (C=O) groups excluding carboxylic acids is 1. The molecule has 1 atom stereocenters. The Morgan fingerprint density at radius 1 is 1.28 bits per heavy atom. The minimum Gasteiger partial charge on any atom is -0.341 e. The zero-order valence-electron chi connectivity index (χ0n) is 14.7. The lowest BCUT2D eigenvalue weighted by Crippen LogP contribution is -2.47. The van der Waals surface area contributed by atoms with Crippen molar-refractivity contribution in [1.82, 2.24) is 9.88 Å². The van der Waals surface area contributed by atoms with Gasteiger partial charge < -0.3 is 10.6 Å². The molecule has 140 valence electrons. The molecule has 0 bridgehead atoms. The fourth-order valence-corrected chi connectivity index (χ4v) is 4.39. The van der Waals surface area contributed by atoms with Crippen LogP contribution in [0.1, 0.15) is 44.0 Å². The average molecular weight is 404 g/mol. The summed E-state index contributed by atoms with van der Waals surface area (Å²) >= 11 is 1.79. The van der Waals surface area contributed by atoms with E-state index in [9.17, 15) is 4.79 Å². The number of rotatable bonds is 4. The second kappa shape index (κ2) is 9.72. The molecular formula is C18H27Cl2N3OS. The number of likely N-dealkylation sites (tertiary alicyclic amines) is 1. The number of para-hydroxylation sites is 1. The van der Waals surface area contributed by atoms with Crippen LogP contribution in [0.3, 0.4) is 0 Å².